The summed E-state index contributed by atoms with van der Waals surface area (Å²) in [6.45, 7) is -1.10. The average Bonchev–Trinajstić information content (AvgIpc) is 2.21. The summed E-state index contributed by atoms with van der Waals surface area (Å²) in [5.41, 5.74) is 0. The van der Waals surface area contributed by atoms with Gasteiger partial charge in [0.05, 0.1) is 13.2 Å². The molecular formula is C9H16F2N2O4. The Labute approximate surface area is 97.7 Å². The number of nitrogens with zero attached hydrogens (tertiary/aromatic N) is 2. The predicted octanol–water partition coefficient (Wildman–Crippen LogP) is 0.336. The van der Waals surface area contributed by atoms with Gasteiger partial charge in [0, 0.05) is 20.7 Å². The maximum Gasteiger partial charge on any atom is 0.323 e. The van der Waals surface area contributed by atoms with Crippen molar-refractivity contribution >= 4 is 12.0 Å². The fraction of sp³-hybridized carbons (Fsp3) is 0.778. The minimum absolute atomic E-state index is 0.0369. The fourth-order valence-corrected chi connectivity index (χ4v) is 1.13. The number of hydrogen-bond acceptors (Lipinski definition) is 3. The summed E-state index contributed by atoms with van der Waals surface area (Å²) in [5, 5.41) is 8.59. The van der Waals surface area contributed by atoms with Gasteiger partial charge in [0.15, 0.2) is 0 Å². The van der Waals surface area contributed by atoms with Crippen LogP contribution in [-0.4, -0.2) is 73.7 Å². The number of carbonyl (C=O) groups is 2. The Kier molecular flexibility index (Phi) is 7.11. The van der Waals surface area contributed by atoms with Crippen LogP contribution >= 0.6 is 0 Å². The molecule has 0 aliphatic carbocycles. The van der Waals surface area contributed by atoms with E-state index in [4.69, 9.17) is 9.84 Å². The van der Waals surface area contributed by atoms with E-state index in [-0.39, 0.29) is 13.2 Å². The highest BCUT2D eigenvalue weighted by Crippen LogP contribution is 2.01. The largest absolute Gasteiger partial charge is 0.480 e. The number of methoxy groups -OCH3 is 1. The number of ether oxygens (including phenoxy) is 1. The SMILES string of the molecule is COCCN(CC(=O)O)C(=O)N(C)CC(F)F. The van der Waals surface area contributed by atoms with Crippen molar-refractivity contribution < 1.29 is 28.2 Å². The van der Waals surface area contributed by atoms with Crippen molar-refractivity contribution in [1.29, 1.82) is 0 Å². The van der Waals surface area contributed by atoms with Crippen molar-refractivity contribution in [2.75, 3.05) is 40.4 Å². The number of rotatable bonds is 7. The normalized spacial score (nSPS) is 10.4. The van der Waals surface area contributed by atoms with E-state index < -0.39 is 31.5 Å². The van der Waals surface area contributed by atoms with E-state index in [0.29, 0.717) is 0 Å². The van der Waals surface area contributed by atoms with E-state index in [0.717, 1.165) is 9.80 Å². The molecule has 0 unspecified atom stereocenters. The molecule has 0 aromatic heterocycles. The third-order valence-electron chi connectivity index (χ3n) is 1.90. The highest BCUT2D eigenvalue weighted by molar-refractivity contribution is 5.80. The van der Waals surface area contributed by atoms with E-state index in [1.165, 1.54) is 14.2 Å². The molecule has 0 rings (SSSR count). The summed E-state index contributed by atoms with van der Waals surface area (Å²) < 4.78 is 28.9. The number of carboxylic acids is 1. The molecule has 0 saturated carbocycles. The molecule has 0 aromatic rings. The van der Waals surface area contributed by atoms with Crippen LogP contribution in [0.25, 0.3) is 0 Å². The number of urea groups is 1. The third kappa shape index (κ3) is 6.67. The van der Waals surface area contributed by atoms with Crippen LogP contribution in [0.3, 0.4) is 0 Å². The summed E-state index contributed by atoms with van der Waals surface area (Å²) in [5.74, 6) is -1.21. The Hall–Kier alpha value is -1.44. The maximum atomic E-state index is 12.1. The first-order valence-electron chi connectivity index (χ1n) is 4.87. The van der Waals surface area contributed by atoms with Crippen LogP contribution in [0.1, 0.15) is 0 Å². The Morgan fingerprint density at radius 3 is 2.41 bits per heavy atom. The second-order valence-corrected chi connectivity index (χ2v) is 3.36. The summed E-state index contributed by atoms with van der Waals surface area (Å²) in [7, 11) is 2.59. The van der Waals surface area contributed by atoms with Gasteiger partial charge in [0.1, 0.15) is 6.54 Å². The molecule has 2 amide bonds. The van der Waals surface area contributed by atoms with Gasteiger partial charge >= 0.3 is 12.0 Å². The van der Waals surface area contributed by atoms with Crippen molar-refractivity contribution in [3.63, 3.8) is 0 Å². The number of halogens is 2. The summed E-state index contributed by atoms with van der Waals surface area (Å²) >= 11 is 0. The molecule has 0 aromatic carbocycles. The van der Waals surface area contributed by atoms with Gasteiger partial charge in [-0.05, 0) is 0 Å². The number of alkyl halides is 2. The van der Waals surface area contributed by atoms with Crippen molar-refractivity contribution in [3.8, 4) is 0 Å². The Bertz CT molecular complexity index is 263. The lowest BCUT2D eigenvalue weighted by molar-refractivity contribution is -0.137. The molecule has 0 atom stereocenters. The summed E-state index contributed by atoms with van der Waals surface area (Å²) in [6, 6.07) is -0.759. The van der Waals surface area contributed by atoms with E-state index >= 15 is 0 Å². The number of aliphatic carboxylic acids is 1. The van der Waals surface area contributed by atoms with E-state index in [1.807, 2.05) is 0 Å². The lowest BCUT2D eigenvalue weighted by atomic mass is 10.4. The van der Waals surface area contributed by atoms with Gasteiger partial charge in [-0.2, -0.15) is 0 Å². The molecular weight excluding hydrogens is 238 g/mol. The lowest BCUT2D eigenvalue weighted by Crippen LogP contribution is -2.46. The zero-order valence-corrected chi connectivity index (χ0v) is 9.73. The topological polar surface area (TPSA) is 70.1 Å². The zero-order chi connectivity index (χ0) is 13.4. The monoisotopic (exact) mass is 254 g/mol. The van der Waals surface area contributed by atoms with Crippen molar-refractivity contribution in [2.45, 2.75) is 6.43 Å². The van der Waals surface area contributed by atoms with Crippen LogP contribution < -0.4 is 0 Å². The molecule has 6 nitrogen and oxygen atoms in total. The molecule has 1 N–H and O–H groups in total. The second-order valence-electron chi connectivity index (χ2n) is 3.36. The minimum atomic E-state index is -2.65. The van der Waals surface area contributed by atoms with Crippen LogP contribution in [0.4, 0.5) is 13.6 Å². The van der Waals surface area contributed by atoms with E-state index in [9.17, 15) is 18.4 Å². The van der Waals surface area contributed by atoms with E-state index in [1.54, 1.807) is 0 Å². The second kappa shape index (κ2) is 7.77. The van der Waals surface area contributed by atoms with Crippen molar-refractivity contribution in [2.24, 2.45) is 0 Å². The number of carbonyl (C=O) groups excluding carboxylic acids is 1. The van der Waals surface area contributed by atoms with Crippen molar-refractivity contribution in [3.05, 3.63) is 0 Å². The standard InChI is InChI=1S/C9H16F2N2O4/c1-12(5-7(10)11)9(16)13(3-4-17-2)6-8(14)15/h7H,3-6H2,1-2H3,(H,14,15). The van der Waals surface area contributed by atoms with Gasteiger partial charge in [-0.15, -0.1) is 0 Å². The zero-order valence-electron chi connectivity index (χ0n) is 9.73. The maximum absolute atomic E-state index is 12.1. The Balaban J connectivity index is 4.44. The minimum Gasteiger partial charge on any atom is -0.480 e. The van der Waals surface area contributed by atoms with Gasteiger partial charge in [-0.25, -0.2) is 13.6 Å². The molecule has 100 valence electrons. The Morgan fingerprint density at radius 1 is 1.41 bits per heavy atom. The summed E-state index contributed by atoms with van der Waals surface area (Å²) in [6.07, 6.45) is -2.65. The van der Waals surface area contributed by atoms with Crippen molar-refractivity contribution in [1.82, 2.24) is 9.80 Å². The number of carboxylic acid groups (broad SMARTS) is 1. The quantitative estimate of drug-likeness (QED) is 0.711. The van der Waals surface area contributed by atoms with Crippen LogP contribution in [0.2, 0.25) is 0 Å². The molecule has 0 bridgehead atoms. The van der Waals surface area contributed by atoms with Crippen LogP contribution in [0.15, 0.2) is 0 Å². The predicted molar refractivity (Wildman–Crippen MR) is 55.1 cm³/mol. The van der Waals surface area contributed by atoms with Crippen LogP contribution in [0.5, 0.6) is 0 Å². The molecule has 8 heteroatoms. The molecule has 0 spiro atoms. The van der Waals surface area contributed by atoms with E-state index in [2.05, 4.69) is 0 Å². The van der Waals surface area contributed by atoms with Gasteiger partial charge in [-0.3, -0.25) is 4.79 Å². The molecule has 17 heavy (non-hydrogen) atoms. The highest BCUT2D eigenvalue weighted by Gasteiger charge is 2.22. The number of amides is 2. The van der Waals surface area contributed by atoms with Crippen LogP contribution in [0, 0.1) is 0 Å². The van der Waals surface area contributed by atoms with Crippen LogP contribution in [-0.2, 0) is 9.53 Å². The number of hydrogen-bond donors (Lipinski definition) is 1. The molecule has 0 saturated heterocycles. The summed E-state index contributed by atoms with van der Waals surface area (Å²) in [4.78, 5) is 23.9. The van der Waals surface area contributed by atoms with Gasteiger partial charge in [0.2, 0.25) is 0 Å². The fourth-order valence-electron chi connectivity index (χ4n) is 1.13. The lowest BCUT2D eigenvalue weighted by Gasteiger charge is -2.26. The first-order chi connectivity index (χ1) is 7.88. The molecule has 0 aliphatic heterocycles. The first-order valence-corrected chi connectivity index (χ1v) is 4.87. The van der Waals surface area contributed by atoms with Gasteiger partial charge < -0.3 is 19.6 Å². The van der Waals surface area contributed by atoms with Gasteiger partial charge in [0.25, 0.3) is 6.43 Å². The average molecular weight is 254 g/mol. The highest BCUT2D eigenvalue weighted by atomic mass is 19.3. The molecule has 0 fully saturated rings. The first kappa shape index (κ1) is 15.6. The Morgan fingerprint density at radius 2 is 2.00 bits per heavy atom. The third-order valence-corrected chi connectivity index (χ3v) is 1.90. The molecule has 0 aliphatic rings. The smallest absolute Gasteiger partial charge is 0.323 e. The molecule has 0 heterocycles. The van der Waals surface area contributed by atoms with Gasteiger partial charge in [-0.1, -0.05) is 0 Å². The molecule has 0 radical (unpaired) electrons.